The van der Waals surface area contributed by atoms with Gasteiger partial charge in [0.15, 0.2) is 0 Å². The summed E-state index contributed by atoms with van der Waals surface area (Å²) in [6.07, 6.45) is 0. The topological polar surface area (TPSA) is 58.6 Å². The number of carboxylic acids is 1. The van der Waals surface area contributed by atoms with E-state index in [1.165, 1.54) is 7.11 Å². The monoisotopic (exact) mass is 243 g/mol. The smallest absolute Gasteiger partial charge is 0.328 e. The van der Waals surface area contributed by atoms with Crippen LogP contribution in [0.25, 0.3) is 0 Å². The van der Waals surface area contributed by atoms with E-state index in [2.05, 4.69) is 5.32 Å². The highest BCUT2D eigenvalue weighted by Crippen LogP contribution is 2.23. The number of hydrogen-bond acceptors (Lipinski definition) is 3. The van der Waals surface area contributed by atoms with Gasteiger partial charge in [-0.15, -0.1) is 0 Å². The molecule has 88 valence electrons. The molecule has 16 heavy (non-hydrogen) atoms. The molecule has 0 radical (unpaired) electrons. The molecule has 0 saturated heterocycles. The van der Waals surface area contributed by atoms with Crippen LogP contribution in [-0.2, 0) is 9.53 Å². The van der Waals surface area contributed by atoms with Gasteiger partial charge in [-0.25, -0.2) is 4.79 Å². The van der Waals surface area contributed by atoms with Crippen LogP contribution in [0, 0.1) is 6.92 Å². The van der Waals surface area contributed by atoms with Gasteiger partial charge in [0.25, 0.3) is 0 Å². The van der Waals surface area contributed by atoms with Gasteiger partial charge in [-0.3, -0.25) is 0 Å². The van der Waals surface area contributed by atoms with E-state index in [1.807, 2.05) is 13.0 Å². The van der Waals surface area contributed by atoms with Crippen molar-refractivity contribution in [3.05, 3.63) is 28.8 Å². The van der Waals surface area contributed by atoms with Crippen molar-refractivity contribution in [2.45, 2.75) is 13.0 Å². The lowest BCUT2D eigenvalue weighted by Crippen LogP contribution is -2.33. The maximum Gasteiger partial charge on any atom is 0.328 e. The predicted molar refractivity (Wildman–Crippen MR) is 63.1 cm³/mol. The van der Waals surface area contributed by atoms with E-state index in [0.717, 1.165) is 5.56 Å². The molecule has 0 aliphatic rings. The summed E-state index contributed by atoms with van der Waals surface area (Å²) in [5.41, 5.74) is 1.61. The van der Waals surface area contributed by atoms with E-state index in [-0.39, 0.29) is 6.61 Å². The van der Waals surface area contributed by atoms with Crippen LogP contribution < -0.4 is 5.32 Å². The number of benzene rings is 1. The fourth-order valence-electron chi connectivity index (χ4n) is 1.28. The zero-order valence-corrected chi connectivity index (χ0v) is 9.91. The molecule has 0 amide bonds. The van der Waals surface area contributed by atoms with E-state index >= 15 is 0 Å². The maximum atomic E-state index is 10.9. The number of carboxylic acid groups (broad SMARTS) is 1. The van der Waals surface area contributed by atoms with E-state index in [0.29, 0.717) is 10.7 Å². The van der Waals surface area contributed by atoms with Gasteiger partial charge < -0.3 is 15.2 Å². The van der Waals surface area contributed by atoms with Crippen molar-refractivity contribution in [2.75, 3.05) is 19.0 Å². The third-order valence-electron chi connectivity index (χ3n) is 2.08. The van der Waals surface area contributed by atoms with Gasteiger partial charge in [0.2, 0.25) is 0 Å². The Hall–Kier alpha value is -1.26. The van der Waals surface area contributed by atoms with Gasteiger partial charge in [0.1, 0.15) is 6.04 Å². The standard InChI is InChI=1S/C11H14ClNO3/c1-7-3-4-8(12)9(5-7)13-10(6-16-2)11(14)15/h3-5,10,13H,6H2,1-2H3,(H,14,15). The first-order valence-corrected chi connectivity index (χ1v) is 5.17. The Morgan fingerprint density at radius 1 is 1.62 bits per heavy atom. The van der Waals surface area contributed by atoms with Crippen LogP contribution >= 0.6 is 11.6 Å². The third-order valence-corrected chi connectivity index (χ3v) is 2.41. The Balaban J connectivity index is 2.84. The van der Waals surface area contributed by atoms with Crippen molar-refractivity contribution in [3.8, 4) is 0 Å². The molecule has 1 rings (SSSR count). The van der Waals surface area contributed by atoms with Crippen LogP contribution in [0.3, 0.4) is 0 Å². The molecule has 0 saturated carbocycles. The highest BCUT2D eigenvalue weighted by Gasteiger charge is 2.17. The Labute approximate surface area is 99.2 Å². The average molecular weight is 244 g/mol. The van der Waals surface area contributed by atoms with Crippen LogP contribution in [-0.4, -0.2) is 30.8 Å². The minimum absolute atomic E-state index is 0.0829. The van der Waals surface area contributed by atoms with Crippen molar-refractivity contribution in [1.29, 1.82) is 0 Å². The SMILES string of the molecule is COCC(Nc1cc(C)ccc1Cl)C(=O)O. The summed E-state index contributed by atoms with van der Waals surface area (Å²) in [5, 5.41) is 12.3. The Morgan fingerprint density at radius 3 is 2.88 bits per heavy atom. The second-order valence-corrected chi connectivity index (χ2v) is 3.88. The number of anilines is 1. The fourth-order valence-corrected chi connectivity index (χ4v) is 1.45. The first kappa shape index (κ1) is 12.8. The number of rotatable bonds is 5. The summed E-state index contributed by atoms with van der Waals surface area (Å²) in [6.45, 7) is 1.99. The molecule has 2 N–H and O–H groups in total. The third kappa shape index (κ3) is 3.40. The number of nitrogens with one attached hydrogen (secondary N) is 1. The molecule has 0 aliphatic carbocycles. The van der Waals surface area contributed by atoms with Gasteiger partial charge in [0.05, 0.1) is 17.3 Å². The van der Waals surface area contributed by atoms with Gasteiger partial charge >= 0.3 is 5.97 Å². The Bertz CT molecular complexity index is 381. The minimum Gasteiger partial charge on any atom is -0.480 e. The number of aliphatic carboxylic acids is 1. The maximum absolute atomic E-state index is 10.9. The minimum atomic E-state index is -0.973. The number of halogens is 1. The first-order chi connectivity index (χ1) is 7.54. The lowest BCUT2D eigenvalue weighted by molar-refractivity contribution is -0.139. The fraction of sp³-hybridized carbons (Fsp3) is 0.364. The number of methoxy groups -OCH3 is 1. The van der Waals surface area contributed by atoms with E-state index in [4.69, 9.17) is 21.4 Å². The first-order valence-electron chi connectivity index (χ1n) is 4.79. The molecule has 0 aliphatic heterocycles. The van der Waals surface area contributed by atoms with E-state index < -0.39 is 12.0 Å². The van der Waals surface area contributed by atoms with Crippen molar-refractivity contribution >= 4 is 23.3 Å². The van der Waals surface area contributed by atoms with Gasteiger partial charge in [-0.1, -0.05) is 17.7 Å². The lowest BCUT2D eigenvalue weighted by atomic mass is 10.2. The second kappa shape index (κ2) is 5.72. The summed E-state index contributed by atoms with van der Waals surface area (Å²) >= 11 is 5.95. The number of ether oxygens (including phenoxy) is 1. The molecule has 0 aromatic heterocycles. The molecule has 0 spiro atoms. The summed E-state index contributed by atoms with van der Waals surface area (Å²) in [7, 11) is 1.45. The van der Waals surface area contributed by atoms with Crippen LogP contribution in [0.5, 0.6) is 0 Å². The van der Waals surface area contributed by atoms with Gasteiger partial charge in [0, 0.05) is 7.11 Å². The molecule has 5 heteroatoms. The number of carbonyl (C=O) groups is 1. The zero-order valence-electron chi connectivity index (χ0n) is 9.16. The van der Waals surface area contributed by atoms with Gasteiger partial charge in [-0.2, -0.15) is 0 Å². The Morgan fingerprint density at radius 2 is 2.31 bits per heavy atom. The van der Waals surface area contributed by atoms with Crippen LogP contribution in [0.2, 0.25) is 5.02 Å². The van der Waals surface area contributed by atoms with Crippen molar-refractivity contribution in [1.82, 2.24) is 0 Å². The second-order valence-electron chi connectivity index (χ2n) is 3.47. The molecule has 0 fully saturated rings. The largest absolute Gasteiger partial charge is 0.480 e. The summed E-state index contributed by atoms with van der Waals surface area (Å²) < 4.78 is 4.82. The lowest BCUT2D eigenvalue weighted by Gasteiger charge is -2.16. The molecule has 1 unspecified atom stereocenters. The van der Waals surface area contributed by atoms with E-state index in [9.17, 15) is 4.79 Å². The molecule has 0 heterocycles. The van der Waals surface area contributed by atoms with Gasteiger partial charge in [-0.05, 0) is 24.6 Å². The molecule has 4 nitrogen and oxygen atoms in total. The summed E-state index contributed by atoms with van der Waals surface area (Å²) in [4.78, 5) is 10.9. The molecule has 1 atom stereocenters. The highest BCUT2D eigenvalue weighted by molar-refractivity contribution is 6.33. The molecule has 1 aromatic carbocycles. The van der Waals surface area contributed by atoms with Crippen molar-refractivity contribution in [2.24, 2.45) is 0 Å². The summed E-state index contributed by atoms with van der Waals surface area (Å²) in [6, 6.07) is 4.59. The normalized spacial score (nSPS) is 12.2. The van der Waals surface area contributed by atoms with Crippen molar-refractivity contribution in [3.63, 3.8) is 0 Å². The van der Waals surface area contributed by atoms with E-state index in [1.54, 1.807) is 12.1 Å². The average Bonchev–Trinajstić information content (AvgIpc) is 2.22. The Kier molecular flexibility index (Phi) is 4.58. The quantitative estimate of drug-likeness (QED) is 0.832. The summed E-state index contributed by atoms with van der Waals surface area (Å²) in [5.74, 6) is -0.973. The zero-order chi connectivity index (χ0) is 12.1. The highest BCUT2D eigenvalue weighted by atomic mass is 35.5. The molecular weight excluding hydrogens is 230 g/mol. The molecule has 0 bridgehead atoms. The van der Waals surface area contributed by atoms with Crippen LogP contribution in [0.4, 0.5) is 5.69 Å². The number of aryl methyl sites for hydroxylation is 1. The predicted octanol–water partition coefficient (Wildman–Crippen LogP) is 2.16. The molecule has 1 aromatic rings. The van der Waals surface area contributed by atoms with Crippen LogP contribution in [0.15, 0.2) is 18.2 Å². The van der Waals surface area contributed by atoms with Crippen molar-refractivity contribution < 1.29 is 14.6 Å². The van der Waals surface area contributed by atoms with Crippen LogP contribution in [0.1, 0.15) is 5.56 Å². The molecular formula is C11H14ClNO3. The number of hydrogen-bond donors (Lipinski definition) is 2.